The molecule has 5 rings (SSSR count). The largest absolute Gasteiger partial charge is 0.465 e. The van der Waals surface area contributed by atoms with E-state index in [2.05, 4.69) is 15.9 Å². The fourth-order valence-electron chi connectivity index (χ4n) is 6.24. The molecule has 0 bridgehead atoms. The van der Waals surface area contributed by atoms with E-state index >= 15 is 0 Å². The fourth-order valence-corrected chi connectivity index (χ4v) is 6.24. The van der Waals surface area contributed by atoms with Gasteiger partial charge in [0.05, 0.1) is 19.3 Å². The van der Waals surface area contributed by atoms with Crippen molar-refractivity contribution in [2.75, 3.05) is 44.4 Å². The number of hydrogen-bond acceptors (Lipinski definition) is 6. The molecule has 0 aliphatic carbocycles. The molecule has 7 nitrogen and oxygen atoms in total. The molecule has 3 aromatic rings. The molecular weight excluding hydrogens is 500 g/mol. The Balaban J connectivity index is 1.34. The third-order valence-corrected chi connectivity index (χ3v) is 8.42. The van der Waals surface area contributed by atoms with Crippen LogP contribution in [0.15, 0.2) is 91.0 Å². The number of anilines is 1. The van der Waals surface area contributed by atoms with Crippen LogP contribution >= 0.6 is 0 Å². The number of hydrogen-bond donors (Lipinski definition) is 0. The number of rotatable bonds is 9. The molecule has 0 radical (unpaired) electrons. The monoisotopic (exact) mass is 536 g/mol. The van der Waals surface area contributed by atoms with E-state index in [0.29, 0.717) is 32.5 Å². The Hall–Kier alpha value is -4.15. The van der Waals surface area contributed by atoms with Crippen molar-refractivity contribution in [1.82, 2.24) is 9.80 Å². The first-order chi connectivity index (χ1) is 19.5. The van der Waals surface area contributed by atoms with Crippen LogP contribution in [0.2, 0.25) is 0 Å². The first-order valence-electron chi connectivity index (χ1n) is 14.0. The zero-order valence-electron chi connectivity index (χ0n) is 23.0. The Labute approximate surface area is 236 Å². The summed E-state index contributed by atoms with van der Waals surface area (Å²) >= 11 is 0. The lowest BCUT2D eigenvalue weighted by Gasteiger charge is -2.44. The van der Waals surface area contributed by atoms with Crippen LogP contribution < -0.4 is 4.90 Å². The third kappa shape index (κ3) is 5.20. The van der Waals surface area contributed by atoms with E-state index in [-0.39, 0.29) is 18.4 Å². The van der Waals surface area contributed by atoms with Gasteiger partial charge in [-0.25, -0.2) is 0 Å². The summed E-state index contributed by atoms with van der Waals surface area (Å²) in [7, 11) is 0. The first kappa shape index (κ1) is 27.4. The van der Waals surface area contributed by atoms with Crippen molar-refractivity contribution < 1.29 is 14.3 Å². The summed E-state index contributed by atoms with van der Waals surface area (Å²) in [5.74, 6) is -0.392. The summed E-state index contributed by atoms with van der Waals surface area (Å²) in [4.78, 5) is 32.3. The molecule has 40 heavy (non-hydrogen) atoms. The first-order valence-corrected chi connectivity index (χ1v) is 14.0. The third-order valence-electron chi connectivity index (χ3n) is 8.42. The second kappa shape index (κ2) is 11.9. The number of benzene rings is 3. The van der Waals surface area contributed by atoms with Crippen LogP contribution in [-0.2, 0) is 19.7 Å². The number of esters is 1. The highest BCUT2D eigenvalue weighted by Crippen LogP contribution is 2.40. The van der Waals surface area contributed by atoms with Gasteiger partial charge < -0.3 is 19.4 Å². The number of carbonyl (C=O) groups excluding carboxylic acids is 2. The van der Waals surface area contributed by atoms with Crippen LogP contribution in [0.4, 0.5) is 5.69 Å². The second-order valence-electron chi connectivity index (χ2n) is 10.6. The van der Waals surface area contributed by atoms with Gasteiger partial charge in [-0.3, -0.25) is 9.59 Å². The number of likely N-dealkylation sites (tertiary alicyclic amines) is 1. The minimum Gasteiger partial charge on any atom is -0.465 e. The zero-order valence-corrected chi connectivity index (χ0v) is 23.0. The lowest BCUT2D eigenvalue weighted by Crippen LogP contribution is -2.57. The van der Waals surface area contributed by atoms with Gasteiger partial charge in [0, 0.05) is 25.3 Å². The molecule has 0 N–H and O–H groups in total. The summed E-state index contributed by atoms with van der Waals surface area (Å²) in [6.45, 7) is 4.58. The van der Waals surface area contributed by atoms with Crippen molar-refractivity contribution in [2.45, 2.75) is 37.1 Å². The number of piperidine rings is 1. The highest BCUT2D eigenvalue weighted by molar-refractivity contribution is 5.95. The van der Waals surface area contributed by atoms with Crippen LogP contribution in [0, 0.1) is 11.3 Å². The summed E-state index contributed by atoms with van der Waals surface area (Å²) in [6, 6.07) is 32.7. The quantitative estimate of drug-likeness (QED) is 0.373. The normalized spacial score (nSPS) is 17.1. The molecule has 2 saturated heterocycles. The number of carbonyl (C=O) groups is 2. The number of ether oxygens (including phenoxy) is 1. The molecule has 0 aromatic heterocycles. The van der Waals surface area contributed by atoms with Gasteiger partial charge in [0.2, 0.25) is 0 Å². The van der Waals surface area contributed by atoms with E-state index in [9.17, 15) is 14.9 Å². The highest BCUT2D eigenvalue weighted by atomic mass is 16.5. The zero-order chi connectivity index (χ0) is 28.0. The van der Waals surface area contributed by atoms with Crippen molar-refractivity contribution in [1.29, 1.82) is 5.26 Å². The lowest BCUT2D eigenvalue weighted by atomic mass is 9.73. The highest BCUT2D eigenvalue weighted by Gasteiger charge is 2.54. The van der Waals surface area contributed by atoms with Gasteiger partial charge in [-0.05, 0) is 49.4 Å². The Bertz CT molecular complexity index is 1290. The van der Waals surface area contributed by atoms with Crippen molar-refractivity contribution >= 4 is 17.6 Å². The molecule has 3 aromatic carbocycles. The molecule has 7 heteroatoms. The van der Waals surface area contributed by atoms with Crippen LogP contribution in [-0.4, -0.2) is 66.7 Å². The predicted molar refractivity (Wildman–Crippen MR) is 154 cm³/mol. The van der Waals surface area contributed by atoms with Crippen molar-refractivity contribution in [3.63, 3.8) is 0 Å². The number of amides is 1. The Morgan fingerprint density at radius 3 is 2.00 bits per heavy atom. The van der Waals surface area contributed by atoms with Crippen molar-refractivity contribution in [3.05, 3.63) is 102 Å². The van der Waals surface area contributed by atoms with Gasteiger partial charge in [0.1, 0.15) is 17.5 Å². The van der Waals surface area contributed by atoms with Gasteiger partial charge in [0.25, 0.3) is 5.91 Å². The molecular formula is C33H36N4O3. The summed E-state index contributed by atoms with van der Waals surface area (Å²) in [5.41, 5.74) is 1.51. The van der Waals surface area contributed by atoms with E-state index in [0.717, 1.165) is 36.4 Å². The smallest absolute Gasteiger partial charge is 0.325 e. The van der Waals surface area contributed by atoms with E-state index in [4.69, 9.17) is 4.74 Å². The van der Waals surface area contributed by atoms with E-state index in [1.807, 2.05) is 91.0 Å². The lowest BCUT2D eigenvalue weighted by molar-refractivity contribution is -0.148. The van der Waals surface area contributed by atoms with E-state index < -0.39 is 11.0 Å². The summed E-state index contributed by atoms with van der Waals surface area (Å²) in [6.07, 6.45) is 1.95. The van der Waals surface area contributed by atoms with Gasteiger partial charge in [-0.2, -0.15) is 5.26 Å². The Morgan fingerprint density at radius 1 is 0.925 bits per heavy atom. The maximum absolute atomic E-state index is 13.9. The number of nitrogens with zero attached hydrogens (tertiary/aromatic N) is 4. The average molecular weight is 537 g/mol. The van der Waals surface area contributed by atoms with Gasteiger partial charge >= 0.3 is 5.97 Å². The molecule has 206 valence electrons. The minimum atomic E-state index is -0.757. The SMILES string of the molecule is CCOC(=O)CN1CN(c2ccccc2)C2(CCN(CCC(C#N)(c3ccccc3)c3ccccc3)CC2)C1=O. The molecule has 1 amide bonds. The Kier molecular flexibility index (Phi) is 8.18. The maximum Gasteiger partial charge on any atom is 0.325 e. The molecule has 2 aliphatic heterocycles. The summed E-state index contributed by atoms with van der Waals surface area (Å²) < 4.78 is 5.15. The standard InChI is InChI=1S/C33H36N4O3/c1-2-40-30(38)24-36-26-37(29-16-10-5-11-17-29)33(31(36)39)19-22-35(23-20-33)21-18-32(25-34,27-12-6-3-7-13-27)28-14-8-4-9-15-28/h3-17H,2,18-24,26H2,1H3. The second-order valence-corrected chi connectivity index (χ2v) is 10.6. The van der Waals surface area contributed by atoms with Crippen LogP contribution in [0.5, 0.6) is 0 Å². The number of nitriles is 1. The van der Waals surface area contributed by atoms with Crippen LogP contribution in [0.3, 0.4) is 0 Å². The molecule has 0 atom stereocenters. The predicted octanol–water partition coefficient (Wildman–Crippen LogP) is 4.59. The van der Waals surface area contributed by atoms with Crippen LogP contribution in [0.1, 0.15) is 37.3 Å². The topological polar surface area (TPSA) is 76.9 Å². The maximum atomic E-state index is 13.9. The van der Waals surface area contributed by atoms with Crippen LogP contribution in [0.25, 0.3) is 0 Å². The average Bonchev–Trinajstić information content (AvgIpc) is 3.26. The van der Waals surface area contributed by atoms with Gasteiger partial charge in [0.15, 0.2) is 0 Å². The fraction of sp³-hybridized carbons (Fsp3) is 0.364. The molecule has 2 heterocycles. The van der Waals surface area contributed by atoms with E-state index in [1.165, 1.54) is 0 Å². The molecule has 0 saturated carbocycles. The molecule has 2 aliphatic rings. The molecule has 1 spiro atoms. The minimum absolute atomic E-state index is 0.0102. The Morgan fingerprint density at radius 2 is 1.48 bits per heavy atom. The molecule has 0 unspecified atom stereocenters. The van der Waals surface area contributed by atoms with Crippen molar-refractivity contribution in [2.24, 2.45) is 0 Å². The summed E-state index contributed by atoms with van der Waals surface area (Å²) in [5, 5.41) is 10.6. The van der Waals surface area contributed by atoms with Gasteiger partial charge in [-0.1, -0.05) is 78.9 Å². The van der Waals surface area contributed by atoms with Crippen molar-refractivity contribution in [3.8, 4) is 6.07 Å². The number of para-hydroxylation sites is 1. The van der Waals surface area contributed by atoms with E-state index in [1.54, 1.807) is 11.8 Å². The molecule has 2 fully saturated rings. The van der Waals surface area contributed by atoms with Gasteiger partial charge in [-0.15, -0.1) is 0 Å².